The number of nitrogens with two attached hydrogens (primary N) is 1. The lowest BCUT2D eigenvalue weighted by atomic mass is 9.86. The largest absolute Gasteiger partial charge is 0.389 e. The van der Waals surface area contributed by atoms with Gasteiger partial charge in [0.2, 0.25) is 5.91 Å². The second kappa shape index (κ2) is 9.49. The van der Waals surface area contributed by atoms with Gasteiger partial charge in [-0.3, -0.25) is 14.5 Å². The van der Waals surface area contributed by atoms with Crippen molar-refractivity contribution in [1.82, 2.24) is 15.1 Å². The standard InChI is InChI=1S/C21H32N4O3/c1-15(26)24-11-13-25(14-12-24)19-4-2-3-18(20(19)27)23-21(28)17-7-5-16(6-8-17)9-10-22/h5-8,18-20,27H,2-4,9-14,22H2,1H3,(H,23,28)/t18-,19-,20-/m1/s1. The van der Waals surface area contributed by atoms with Crippen LogP contribution < -0.4 is 11.1 Å². The summed E-state index contributed by atoms with van der Waals surface area (Å²) in [5, 5.41) is 13.9. The van der Waals surface area contributed by atoms with E-state index < -0.39 is 6.10 Å². The van der Waals surface area contributed by atoms with Crippen molar-refractivity contribution in [3.05, 3.63) is 35.4 Å². The van der Waals surface area contributed by atoms with Crippen LogP contribution in [0.25, 0.3) is 0 Å². The number of rotatable bonds is 5. The Hall–Kier alpha value is -1.96. The van der Waals surface area contributed by atoms with E-state index in [1.165, 1.54) is 0 Å². The fourth-order valence-electron chi connectivity index (χ4n) is 4.32. The summed E-state index contributed by atoms with van der Waals surface area (Å²) in [5.74, 6) is -0.0446. The SMILES string of the molecule is CC(=O)N1CCN([C@@H]2CCC[C@@H](NC(=O)c3ccc(CCN)cc3)[C@H]2O)CC1. The van der Waals surface area contributed by atoms with Gasteiger partial charge in [-0.1, -0.05) is 12.1 Å². The molecule has 0 radical (unpaired) electrons. The first-order valence-electron chi connectivity index (χ1n) is 10.3. The first-order chi connectivity index (χ1) is 13.5. The molecule has 0 aromatic heterocycles. The van der Waals surface area contributed by atoms with Crippen molar-refractivity contribution >= 4 is 11.8 Å². The molecule has 28 heavy (non-hydrogen) atoms. The van der Waals surface area contributed by atoms with E-state index in [1.807, 2.05) is 29.2 Å². The highest BCUT2D eigenvalue weighted by molar-refractivity contribution is 5.94. The molecule has 1 saturated heterocycles. The maximum atomic E-state index is 12.6. The Morgan fingerprint density at radius 3 is 2.43 bits per heavy atom. The average molecular weight is 389 g/mol. The van der Waals surface area contributed by atoms with Crippen molar-refractivity contribution < 1.29 is 14.7 Å². The van der Waals surface area contributed by atoms with Gasteiger partial charge in [-0.05, 0) is 49.9 Å². The Balaban J connectivity index is 1.57. The highest BCUT2D eigenvalue weighted by Crippen LogP contribution is 2.25. The van der Waals surface area contributed by atoms with E-state index in [4.69, 9.17) is 5.73 Å². The second-order valence-corrected chi connectivity index (χ2v) is 7.85. The summed E-state index contributed by atoms with van der Waals surface area (Å²) in [4.78, 5) is 28.3. The van der Waals surface area contributed by atoms with Crippen molar-refractivity contribution in [1.29, 1.82) is 0 Å². The number of hydrogen-bond donors (Lipinski definition) is 3. The number of aliphatic hydroxyl groups excluding tert-OH is 1. The highest BCUT2D eigenvalue weighted by atomic mass is 16.3. The zero-order valence-corrected chi connectivity index (χ0v) is 16.6. The number of benzene rings is 1. The number of carbonyl (C=O) groups excluding carboxylic acids is 2. The number of nitrogens with zero attached hydrogens (tertiary/aromatic N) is 2. The van der Waals surface area contributed by atoms with Gasteiger partial charge < -0.3 is 21.1 Å². The van der Waals surface area contributed by atoms with Crippen LogP contribution in [0.5, 0.6) is 0 Å². The van der Waals surface area contributed by atoms with Crippen LogP contribution in [0.2, 0.25) is 0 Å². The molecular formula is C21H32N4O3. The van der Waals surface area contributed by atoms with Gasteiger partial charge in [0.05, 0.1) is 12.1 Å². The van der Waals surface area contributed by atoms with Crippen LogP contribution in [-0.4, -0.2) is 77.6 Å². The minimum atomic E-state index is -0.599. The normalized spacial score (nSPS) is 26.1. The number of nitrogens with one attached hydrogen (secondary N) is 1. The Morgan fingerprint density at radius 2 is 1.82 bits per heavy atom. The van der Waals surface area contributed by atoms with Crippen LogP contribution in [0.3, 0.4) is 0 Å². The van der Waals surface area contributed by atoms with Crippen molar-refractivity contribution in [2.45, 2.75) is 50.8 Å². The van der Waals surface area contributed by atoms with E-state index in [9.17, 15) is 14.7 Å². The lowest BCUT2D eigenvalue weighted by molar-refractivity contribution is -0.131. The fourth-order valence-corrected chi connectivity index (χ4v) is 4.32. The van der Waals surface area contributed by atoms with Crippen molar-refractivity contribution in [3.8, 4) is 0 Å². The maximum absolute atomic E-state index is 12.6. The van der Waals surface area contributed by atoms with Gasteiger partial charge in [-0.25, -0.2) is 0 Å². The minimum Gasteiger partial charge on any atom is -0.389 e. The first-order valence-corrected chi connectivity index (χ1v) is 10.3. The molecule has 154 valence electrons. The van der Waals surface area contributed by atoms with Crippen molar-refractivity contribution in [3.63, 3.8) is 0 Å². The molecule has 1 aliphatic carbocycles. The Labute approximate surface area is 166 Å². The van der Waals surface area contributed by atoms with Crippen LogP contribution in [0.4, 0.5) is 0 Å². The quantitative estimate of drug-likeness (QED) is 0.677. The summed E-state index contributed by atoms with van der Waals surface area (Å²) >= 11 is 0. The molecule has 0 spiro atoms. The second-order valence-electron chi connectivity index (χ2n) is 7.85. The van der Waals surface area contributed by atoms with E-state index in [0.29, 0.717) is 25.2 Å². The molecule has 0 unspecified atom stereocenters. The van der Waals surface area contributed by atoms with Crippen LogP contribution >= 0.6 is 0 Å². The molecule has 3 atom stereocenters. The Morgan fingerprint density at radius 1 is 1.14 bits per heavy atom. The molecule has 0 bridgehead atoms. The van der Waals surface area contributed by atoms with E-state index in [-0.39, 0.29) is 23.9 Å². The molecular weight excluding hydrogens is 356 g/mol. The molecule has 4 N–H and O–H groups in total. The number of aliphatic hydroxyl groups is 1. The fraction of sp³-hybridized carbons (Fsp3) is 0.619. The summed E-state index contributed by atoms with van der Waals surface area (Å²) in [6.07, 6.45) is 2.86. The van der Waals surface area contributed by atoms with E-state index in [1.54, 1.807) is 6.92 Å². The molecule has 1 aromatic rings. The van der Waals surface area contributed by atoms with Crippen LogP contribution in [-0.2, 0) is 11.2 Å². The predicted octanol–water partition coefficient (Wildman–Crippen LogP) is 0.364. The minimum absolute atomic E-state index is 0.0279. The van der Waals surface area contributed by atoms with Crippen molar-refractivity contribution in [2.75, 3.05) is 32.7 Å². The summed E-state index contributed by atoms with van der Waals surface area (Å²) in [6, 6.07) is 7.26. The topological polar surface area (TPSA) is 98.9 Å². The van der Waals surface area contributed by atoms with Crippen molar-refractivity contribution in [2.24, 2.45) is 5.73 Å². The Bertz CT molecular complexity index is 671. The van der Waals surface area contributed by atoms with E-state index in [2.05, 4.69) is 10.2 Å². The highest BCUT2D eigenvalue weighted by Gasteiger charge is 2.37. The zero-order chi connectivity index (χ0) is 20.1. The van der Waals surface area contributed by atoms with Gasteiger partial charge in [0.15, 0.2) is 0 Å². The monoisotopic (exact) mass is 388 g/mol. The molecule has 1 aromatic carbocycles. The van der Waals surface area contributed by atoms with Gasteiger partial charge in [-0.2, -0.15) is 0 Å². The van der Waals surface area contributed by atoms with Gasteiger partial charge in [0.1, 0.15) is 0 Å². The molecule has 1 aliphatic heterocycles. The van der Waals surface area contributed by atoms with Crippen LogP contribution in [0.1, 0.15) is 42.1 Å². The van der Waals surface area contributed by atoms with Gasteiger partial charge in [-0.15, -0.1) is 0 Å². The number of amides is 2. The molecule has 7 heteroatoms. The molecule has 2 amide bonds. The summed E-state index contributed by atoms with van der Waals surface area (Å²) in [7, 11) is 0. The molecule has 2 aliphatic rings. The smallest absolute Gasteiger partial charge is 0.251 e. The average Bonchev–Trinajstić information content (AvgIpc) is 2.70. The van der Waals surface area contributed by atoms with Gasteiger partial charge in [0, 0.05) is 44.7 Å². The number of hydrogen-bond acceptors (Lipinski definition) is 5. The number of piperazine rings is 1. The van der Waals surface area contributed by atoms with E-state index >= 15 is 0 Å². The third-order valence-corrected chi connectivity index (χ3v) is 6.02. The Kier molecular flexibility index (Phi) is 7.04. The lowest BCUT2D eigenvalue weighted by Gasteiger charge is -2.45. The first kappa shape index (κ1) is 20.8. The maximum Gasteiger partial charge on any atom is 0.251 e. The molecule has 7 nitrogen and oxygen atoms in total. The summed E-state index contributed by atoms with van der Waals surface area (Å²) in [6.45, 7) is 5.12. The molecule has 2 fully saturated rings. The van der Waals surface area contributed by atoms with Gasteiger partial charge >= 0.3 is 0 Å². The number of carbonyl (C=O) groups is 2. The van der Waals surface area contributed by atoms with Gasteiger partial charge in [0.25, 0.3) is 5.91 Å². The molecule has 1 heterocycles. The van der Waals surface area contributed by atoms with Crippen LogP contribution in [0, 0.1) is 0 Å². The third kappa shape index (κ3) is 4.90. The van der Waals surface area contributed by atoms with E-state index in [0.717, 1.165) is 44.3 Å². The predicted molar refractivity (Wildman–Crippen MR) is 108 cm³/mol. The molecule has 3 rings (SSSR count). The third-order valence-electron chi connectivity index (χ3n) is 6.02. The zero-order valence-electron chi connectivity index (χ0n) is 16.6. The summed E-state index contributed by atoms with van der Waals surface area (Å²) in [5.41, 5.74) is 7.28. The molecule has 1 saturated carbocycles. The summed E-state index contributed by atoms with van der Waals surface area (Å²) < 4.78 is 0. The van der Waals surface area contributed by atoms with Crippen LogP contribution in [0.15, 0.2) is 24.3 Å². The lowest BCUT2D eigenvalue weighted by Crippen LogP contribution is -2.60.